The Hall–Kier alpha value is -1.36. The van der Waals surface area contributed by atoms with E-state index in [1.165, 1.54) is 12.8 Å². The summed E-state index contributed by atoms with van der Waals surface area (Å²) in [5.41, 5.74) is 0. The number of hydrogen-bond acceptors (Lipinski definition) is 5. The van der Waals surface area contributed by atoms with Crippen LogP contribution >= 0.6 is 0 Å². The van der Waals surface area contributed by atoms with Crippen molar-refractivity contribution in [1.82, 2.24) is 9.97 Å². The first-order valence-electron chi connectivity index (χ1n) is 8.21. The van der Waals surface area contributed by atoms with Crippen LogP contribution in [0.3, 0.4) is 0 Å². The first kappa shape index (κ1) is 16.0. The fourth-order valence-corrected chi connectivity index (χ4v) is 2.62. The SMILES string of the molecule is CCCNc1cc(N2CCC(CC)C2)nc(COCC)n1. The molecule has 21 heavy (non-hydrogen) atoms. The second-order valence-corrected chi connectivity index (χ2v) is 5.60. The van der Waals surface area contributed by atoms with Crippen LogP contribution in [0.25, 0.3) is 0 Å². The van der Waals surface area contributed by atoms with E-state index < -0.39 is 0 Å². The Balaban J connectivity index is 2.14. The maximum Gasteiger partial charge on any atom is 0.158 e. The molecule has 2 heterocycles. The molecule has 0 aliphatic carbocycles. The molecule has 0 saturated carbocycles. The van der Waals surface area contributed by atoms with Crippen LogP contribution in [0.1, 0.15) is 45.9 Å². The molecule has 2 rings (SSSR count). The van der Waals surface area contributed by atoms with Gasteiger partial charge in [-0.2, -0.15) is 0 Å². The van der Waals surface area contributed by atoms with Crippen molar-refractivity contribution in [3.8, 4) is 0 Å². The van der Waals surface area contributed by atoms with Gasteiger partial charge in [0, 0.05) is 32.3 Å². The van der Waals surface area contributed by atoms with Gasteiger partial charge in [0.25, 0.3) is 0 Å². The van der Waals surface area contributed by atoms with Crippen molar-refractivity contribution in [2.24, 2.45) is 5.92 Å². The van der Waals surface area contributed by atoms with Crippen LogP contribution in [0.5, 0.6) is 0 Å². The number of nitrogens with zero attached hydrogens (tertiary/aromatic N) is 3. The molecule has 1 aliphatic rings. The summed E-state index contributed by atoms with van der Waals surface area (Å²) in [4.78, 5) is 11.6. The predicted molar refractivity (Wildman–Crippen MR) is 86.8 cm³/mol. The third kappa shape index (κ3) is 4.56. The van der Waals surface area contributed by atoms with Crippen LogP contribution in [0.2, 0.25) is 0 Å². The molecule has 1 saturated heterocycles. The second kappa shape index (κ2) is 8.17. The minimum Gasteiger partial charge on any atom is -0.374 e. The Morgan fingerprint density at radius 3 is 2.86 bits per heavy atom. The third-order valence-corrected chi connectivity index (χ3v) is 3.94. The van der Waals surface area contributed by atoms with E-state index in [0.717, 1.165) is 49.4 Å². The van der Waals surface area contributed by atoms with E-state index in [2.05, 4.69) is 40.1 Å². The molecule has 0 spiro atoms. The van der Waals surface area contributed by atoms with Crippen LogP contribution < -0.4 is 10.2 Å². The smallest absolute Gasteiger partial charge is 0.158 e. The van der Waals surface area contributed by atoms with Crippen molar-refractivity contribution in [3.05, 3.63) is 11.9 Å². The molecule has 1 aliphatic heterocycles. The van der Waals surface area contributed by atoms with E-state index in [9.17, 15) is 0 Å². The monoisotopic (exact) mass is 292 g/mol. The number of ether oxygens (including phenoxy) is 1. The predicted octanol–water partition coefficient (Wildman–Crippen LogP) is 3.07. The first-order chi connectivity index (χ1) is 10.3. The lowest BCUT2D eigenvalue weighted by atomic mass is 10.1. The zero-order valence-electron chi connectivity index (χ0n) is 13.6. The fraction of sp³-hybridized carbons (Fsp3) is 0.750. The third-order valence-electron chi connectivity index (χ3n) is 3.94. The molecule has 118 valence electrons. The Bertz CT molecular complexity index is 412. The number of aromatic nitrogens is 2. The normalized spacial score (nSPS) is 18.2. The molecule has 0 amide bonds. The first-order valence-corrected chi connectivity index (χ1v) is 8.21. The van der Waals surface area contributed by atoms with Gasteiger partial charge in [-0.3, -0.25) is 0 Å². The van der Waals surface area contributed by atoms with E-state index in [0.29, 0.717) is 13.2 Å². The summed E-state index contributed by atoms with van der Waals surface area (Å²) in [6.45, 7) is 10.7. The lowest BCUT2D eigenvalue weighted by Crippen LogP contribution is -2.22. The van der Waals surface area contributed by atoms with Crippen molar-refractivity contribution in [3.63, 3.8) is 0 Å². The van der Waals surface area contributed by atoms with Crippen molar-refractivity contribution in [2.75, 3.05) is 36.5 Å². The van der Waals surface area contributed by atoms with Crippen molar-refractivity contribution in [1.29, 1.82) is 0 Å². The summed E-state index contributed by atoms with van der Waals surface area (Å²) in [5, 5.41) is 3.37. The van der Waals surface area contributed by atoms with E-state index in [-0.39, 0.29) is 0 Å². The van der Waals surface area contributed by atoms with Crippen LogP contribution in [0, 0.1) is 5.92 Å². The van der Waals surface area contributed by atoms with Gasteiger partial charge in [-0.05, 0) is 25.7 Å². The molecule has 1 aromatic rings. The van der Waals surface area contributed by atoms with E-state index in [1.807, 2.05) is 6.92 Å². The lowest BCUT2D eigenvalue weighted by molar-refractivity contribution is 0.128. The lowest BCUT2D eigenvalue weighted by Gasteiger charge is -2.19. The topological polar surface area (TPSA) is 50.3 Å². The molecule has 1 aromatic heterocycles. The molecule has 1 fully saturated rings. The summed E-state index contributed by atoms with van der Waals surface area (Å²) in [6, 6.07) is 2.07. The molecular weight excluding hydrogens is 264 g/mol. The highest BCUT2D eigenvalue weighted by atomic mass is 16.5. The summed E-state index contributed by atoms with van der Waals surface area (Å²) in [5.74, 6) is 3.51. The molecule has 5 nitrogen and oxygen atoms in total. The molecule has 1 N–H and O–H groups in total. The molecule has 0 aromatic carbocycles. The minimum atomic E-state index is 0.482. The molecule has 5 heteroatoms. The van der Waals surface area contributed by atoms with Crippen LogP contribution in [-0.2, 0) is 11.3 Å². The number of nitrogens with one attached hydrogen (secondary N) is 1. The largest absolute Gasteiger partial charge is 0.374 e. The number of anilines is 2. The average molecular weight is 292 g/mol. The van der Waals surface area contributed by atoms with Crippen molar-refractivity contribution in [2.45, 2.75) is 46.6 Å². The van der Waals surface area contributed by atoms with Crippen molar-refractivity contribution < 1.29 is 4.74 Å². The zero-order valence-corrected chi connectivity index (χ0v) is 13.6. The summed E-state index contributed by atoms with van der Waals surface area (Å²) in [7, 11) is 0. The van der Waals surface area contributed by atoms with E-state index in [4.69, 9.17) is 4.74 Å². The van der Waals surface area contributed by atoms with E-state index in [1.54, 1.807) is 0 Å². The summed E-state index contributed by atoms with van der Waals surface area (Å²) < 4.78 is 5.47. The number of hydrogen-bond donors (Lipinski definition) is 1. The number of rotatable bonds is 8. The highest BCUT2D eigenvalue weighted by molar-refractivity contribution is 5.50. The average Bonchev–Trinajstić information content (AvgIpc) is 3.00. The fourth-order valence-electron chi connectivity index (χ4n) is 2.62. The molecule has 1 atom stereocenters. The maximum atomic E-state index is 5.47. The molecule has 0 radical (unpaired) electrons. The van der Waals surface area contributed by atoms with Gasteiger partial charge in [0.15, 0.2) is 5.82 Å². The van der Waals surface area contributed by atoms with Gasteiger partial charge in [-0.25, -0.2) is 9.97 Å². The molecular formula is C16H28N4O. The van der Waals surface area contributed by atoms with E-state index >= 15 is 0 Å². The Morgan fingerprint density at radius 2 is 2.19 bits per heavy atom. The summed E-state index contributed by atoms with van der Waals surface area (Å²) in [6.07, 6.45) is 3.59. The Kier molecular flexibility index (Phi) is 6.23. The quantitative estimate of drug-likeness (QED) is 0.798. The van der Waals surface area contributed by atoms with Crippen molar-refractivity contribution >= 4 is 11.6 Å². The maximum absolute atomic E-state index is 5.47. The minimum absolute atomic E-state index is 0.482. The molecule has 1 unspecified atom stereocenters. The standard InChI is InChI=1S/C16H28N4O/c1-4-8-17-14-10-16(19-15(18-14)12-21-6-3)20-9-7-13(5-2)11-20/h10,13H,4-9,11-12H2,1-3H3,(H,17,18,19). The van der Waals surface area contributed by atoms with Gasteiger partial charge >= 0.3 is 0 Å². The highest BCUT2D eigenvalue weighted by Gasteiger charge is 2.22. The van der Waals surface area contributed by atoms with Crippen LogP contribution in [-0.4, -0.2) is 36.2 Å². The van der Waals surface area contributed by atoms with Gasteiger partial charge < -0.3 is 15.0 Å². The van der Waals surface area contributed by atoms with Crippen LogP contribution in [0.15, 0.2) is 6.07 Å². The summed E-state index contributed by atoms with van der Waals surface area (Å²) >= 11 is 0. The Morgan fingerprint density at radius 1 is 1.33 bits per heavy atom. The van der Waals surface area contributed by atoms with Crippen LogP contribution in [0.4, 0.5) is 11.6 Å². The highest BCUT2D eigenvalue weighted by Crippen LogP contribution is 2.25. The Labute approximate surface area is 128 Å². The second-order valence-electron chi connectivity index (χ2n) is 5.60. The van der Waals surface area contributed by atoms with Gasteiger partial charge in [-0.1, -0.05) is 20.3 Å². The van der Waals surface area contributed by atoms with Gasteiger partial charge in [0.05, 0.1) is 0 Å². The van der Waals surface area contributed by atoms with Gasteiger partial charge in [0.2, 0.25) is 0 Å². The van der Waals surface area contributed by atoms with Gasteiger partial charge in [-0.15, -0.1) is 0 Å². The van der Waals surface area contributed by atoms with Gasteiger partial charge in [0.1, 0.15) is 18.2 Å². The zero-order chi connectivity index (χ0) is 15.1. The molecule has 0 bridgehead atoms.